The van der Waals surface area contributed by atoms with Gasteiger partial charge in [-0.15, -0.1) is 0 Å². The van der Waals surface area contributed by atoms with Gasteiger partial charge in [-0.05, 0) is 25.5 Å². The number of nitrogens with one attached hydrogen (secondary N) is 3. The number of hydrogen-bond donors (Lipinski definition) is 4. The highest BCUT2D eigenvalue weighted by molar-refractivity contribution is 7.92. The lowest BCUT2D eigenvalue weighted by Gasteiger charge is -2.12. The lowest BCUT2D eigenvalue weighted by Crippen LogP contribution is -2.18. The van der Waals surface area contributed by atoms with E-state index in [9.17, 15) is 17.6 Å². The standard InChI is InChI=1S/C21H23F2N7O3S/c1-4-7-34(32,33)30-14-6-5-13(22)17(18(14)23)19(31)12-9-26-20-16(12)21(28-10-27-20)29-15(8-24)11(2)25-3/h5-6,8-10,30H,4,7,24H2,1-3H3,(H2,26,27,28,29)/b15-8+,25-11?. The van der Waals surface area contributed by atoms with E-state index < -0.39 is 38.7 Å². The zero-order valence-corrected chi connectivity index (χ0v) is 19.4. The Hall–Kier alpha value is -3.87. The first-order valence-electron chi connectivity index (χ1n) is 10.1. The van der Waals surface area contributed by atoms with E-state index in [1.165, 1.54) is 18.7 Å². The molecule has 0 spiro atoms. The van der Waals surface area contributed by atoms with E-state index in [4.69, 9.17) is 5.73 Å². The topological polar surface area (TPSA) is 155 Å². The number of hydrogen-bond acceptors (Lipinski definition) is 8. The van der Waals surface area contributed by atoms with E-state index >= 15 is 4.39 Å². The fourth-order valence-corrected chi connectivity index (χ4v) is 4.33. The molecule has 0 bridgehead atoms. The first-order valence-corrected chi connectivity index (χ1v) is 11.8. The maximum absolute atomic E-state index is 15.2. The van der Waals surface area contributed by atoms with Gasteiger partial charge in [0.15, 0.2) is 5.82 Å². The number of anilines is 2. The fourth-order valence-electron chi connectivity index (χ4n) is 3.20. The van der Waals surface area contributed by atoms with Crippen molar-refractivity contribution in [3.8, 4) is 0 Å². The summed E-state index contributed by atoms with van der Waals surface area (Å²) >= 11 is 0. The van der Waals surface area contributed by atoms with Crippen LogP contribution in [0.5, 0.6) is 0 Å². The minimum Gasteiger partial charge on any atom is -0.403 e. The number of fused-ring (bicyclic) bond motifs is 1. The summed E-state index contributed by atoms with van der Waals surface area (Å²) in [5.41, 5.74) is 5.23. The van der Waals surface area contributed by atoms with Crippen molar-refractivity contribution in [3.05, 3.63) is 59.3 Å². The second-order valence-corrected chi connectivity index (χ2v) is 9.04. The largest absolute Gasteiger partial charge is 0.403 e. The molecule has 0 aliphatic rings. The second kappa shape index (κ2) is 9.95. The van der Waals surface area contributed by atoms with E-state index in [0.29, 0.717) is 11.4 Å². The highest BCUT2D eigenvalue weighted by atomic mass is 32.2. The van der Waals surface area contributed by atoms with Crippen molar-refractivity contribution in [1.82, 2.24) is 15.0 Å². The summed E-state index contributed by atoms with van der Waals surface area (Å²) in [7, 11) is -2.31. The highest BCUT2D eigenvalue weighted by Crippen LogP contribution is 2.30. The van der Waals surface area contributed by atoms with Gasteiger partial charge in [0, 0.05) is 19.4 Å². The number of nitrogens with two attached hydrogens (primary N) is 1. The Morgan fingerprint density at radius 3 is 2.68 bits per heavy atom. The molecule has 3 rings (SSSR count). The quantitative estimate of drug-likeness (QED) is 0.265. The summed E-state index contributed by atoms with van der Waals surface area (Å²) in [5.74, 6) is -3.64. The number of carbonyl (C=O) groups is 1. The van der Waals surface area contributed by atoms with E-state index in [0.717, 1.165) is 12.1 Å². The molecule has 10 nitrogen and oxygen atoms in total. The smallest absolute Gasteiger partial charge is 0.232 e. The molecular weight excluding hydrogens is 468 g/mol. The zero-order valence-electron chi connectivity index (χ0n) is 18.6. The molecule has 0 atom stereocenters. The molecule has 180 valence electrons. The van der Waals surface area contributed by atoms with Gasteiger partial charge in [-0.3, -0.25) is 14.5 Å². The van der Waals surface area contributed by atoms with Crippen molar-refractivity contribution in [2.45, 2.75) is 20.3 Å². The van der Waals surface area contributed by atoms with Crippen LogP contribution in [-0.2, 0) is 10.0 Å². The summed E-state index contributed by atoms with van der Waals surface area (Å²) in [5, 5.41) is 3.10. The van der Waals surface area contributed by atoms with Crippen molar-refractivity contribution < 1.29 is 22.0 Å². The minimum atomic E-state index is -3.87. The number of nitrogens with zero attached hydrogens (tertiary/aromatic N) is 3. The Kier molecular flexibility index (Phi) is 7.25. The van der Waals surface area contributed by atoms with Gasteiger partial charge in [0.1, 0.15) is 23.6 Å². The molecule has 0 aliphatic carbocycles. The number of rotatable bonds is 9. The van der Waals surface area contributed by atoms with Crippen LogP contribution < -0.4 is 15.8 Å². The third-order valence-corrected chi connectivity index (χ3v) is 6.39. The van der Waals surface area contributed by atoms with Crippen LogP contribution in [0.15, 0.2) is 41.5 Å². The van der Waals surface area contributed by atoms with Crippen LogP contribution in [0.4, 0.5) is 20.3 Å². The van der Waals surface area contributed by atoms with Gasteiger partial charge in [-0.2, -0.15) is 0 Å². The van der Waals surface area contributed by atoms with Crippen molar-refractivity contribution in [3.63, 3.8) is 0 Å². The van der Waals surface area contributed by atoms with Gasteiger partial charge in [-0.25, -0.2) is 27.2 Å². The zero-order chi connectivity index (χ0) is 25.0. The highest BCUT2D eigenvalue weighted by Gasteiger charge is 2.27. The third kappa shape index (κ3) is 4.88. The summed E-state index contributed by atoms with van der Waals surface area (Å²) in [6.45, 7) is 3.34. The Morgan fingerprint density at radius 1 is 1.29 bits per heavy atom. The molecule has 2 aromatic heterocycles. The molecule has 0 amide bonds. The SMILES string of the molecule is CCCS(=O)(=O)Nc1ccc(F)c(C(=O)c2c[nH]c3ncnc(N/C(=C/N)C(C)=NC)c23)c1F. The molecule has 1 aromatic carbocycles. The average Bonchev–Trinajstić information content (AvgIpc) is 3.24. The van der Waals surface area contributed by atoms with Crippen LogP contribution in [-0.4, -0.2) is 47.7 Å². The molecule has 5 N–H and O–H groups in total. The van der Waals surface area contributed by atoms with Gasteiger partial charge >= 0.3 is 0 Å². The third-order valence-electron chi connectivity index (χ3n) is 4.92. The molecule has 0 unspecified atom stereocenters. The molecule has 0 aliphatic heterocycles. The molecule has 0 saturated heterocycles. The normalized spacial score (nSPS) is 12.7. The number of sulfonamides is 1. The Balaban J connectivity index is 2.12. The van der Waals surface area contributed by atoms with E-state index in [1.807, 2.05) is 0 Å². The first-order chi connectivity index (χ1) is 16.1. The molecule has 34 heavy (non-hydrogen) atoms. The summed E-state index contributed by atoms with van der Waals surface area (Å²) in [6, 6.07) is 1.74. The monoisotopic (exact) mass is 491 g/mol. The van der Waals surface area contributed by atoms with E-state index in [1.54, 1.807) is 20.9 Å². The maximum atomic E-state index is 15.2. The van der Waals surface area contributed by atoms with Gasteiger partial charge in [0.2, 0.25) is 15.8 Å². The number of benzene rings is 1. The summed E-state index contributed by atoms with van der Waals surface area (Å²) in [4.78, 5) is 28.3. The fraction of sp³-hybridized carbons (Fsp3) is 0.238. The lowest BCUT2D eigenvalue weighted by molar-refractivity contribution is 0.103. The predicted octanol–water partition coefficient (Wildman–Crippen LogP) is 2.92. The number of carbonyl (C=O) groups excluding carboxylic acids is 1. The van der Waals surface area contributed by atoms with Crippen LogP contribution in [0.3, 0.4) is 0 Å². The summed E-state index contributed by atoms with van der Waals surface area (Å²) in [6.07, 6.45) is 4.02. The number of ketones is 1. The van der Waals surface area contributed by atoms with Gasteiger partial charge < -0.3 is 16.0 Å². The number of halogens is 2. The molecule has 3 aromatic rings. The van der Waals surface area contributed by atoms with E-state index in [-0.39, 0.29) is 34.6 Å². The van der Waals surface area contributed by atoms with Crippen LogP contribution in [0.1, 0.15) is 36.2 Å². The van der Waals surface area contributed by atoms with Gasteiger partial charge in [0.05, 0.1) is 39.4 Å². The molecule has 13 heteroatoms. The van der Waals surface area contributed by atoms with Crippen LogP contribution in [0.25, 0.3) is 11.0 Å². The predicted molar refractivity (Wildman–Crippen MR) is 126 cm³/mol. The van der Waals surface area contributed by atoms with Crippen molar-refractivity contribution >= 4 is 44.1 Å². The number of allylic oxidation sites excluding steroid dienone is 1. The van der Waals surface area contributed by atoms with Crippen molar-refractivity contribution in [1.29, 1.82) is 0 Å². The van der Waals surface area contributed by atoms with Gasteiger partial charge in [0.25, 0.3) is 0 Å². The van der Waals surface area contributed by atoms with Crippen molar-refractivity contribution in [2.24, 2.45) is 10.7 Å². The molecule has 0 saturated carbocycles. The molecule has 0 fully saturated rings. The number of aliphatic imine (C=N–C) groups is 1. The Labute approximate surface area is 194 Å². The van der Waals surface area contributed by atoms with Crippen LogP contribution in [0, 0.1) is 11.6 Å². The van der Waals surface area contributed by atoms with Crippen LogP contribution >= 0.6 is 0 Å². The number of H-pyrrole nitrogens is 1. The first kappa shape index (κ1) is 24.8. The molecule has 2 heterocycles. The number of aromatic amines is 1. The summed E-state index contributed by atoms with van der Waals surface area (Å²) < 4.78 is 56.0. The lowest BCUT2D eigenvalue weighted by atomic mass is 10.0. The van der Waals surface area contributed by atoms with E-state index in [2.05, 4.69) is 30.0 Å². The van der Waals surface area contributed by atoms with Crippen LogP contribution in [0.2, 0.25) is 0 Å². The second-order valence-electron chi connectivity index (χ2n) is 7.20. The Morgan fingerprint density at radius 2 is 2.03 bits per heavy atom. The average molecular weight is 492 g/mol. The minimum absolute atomic E-state index is 0.132. The molecule has 0 radical (unpaired) electrons. The maximum Gasteiger partial charge on any atom is 0.232 e. The Bertz CT molecular complexity index is 1420. The van der Waals surface area contributed by atoms with Crippen molar-refractivity contribution in [2.75, 3.05) is 22.8 Å². The molecular formula is C21H23F2N7O3S. The number of aromatic nitrogens is 3. The van der Waals surface area contributed by atoms with Gasteiger partial charge in [-0.1, -0.05) is 6.92 Å².